The molecule has 0 aliphatic rings. The van der Waals surface area contributed by atoms with Gasteiger partial charge in [-0.15, -0.1) is 0 Å². The molecule has 0 amide bonds. The third-order valence-corrected chi connectivity index (χ3v) is 2.22. The van der Waals surface area contributed by atoms with Crippen molar-refractivity contribution in [3.05, 3.63) is 17.9 Å². The van der Waals surface area contributed by atoms with Crippen molar-refractivity contribution >= 4 is 11.7 Å². The van der Waals surface area contributed by atoms with Crippen LogP contribution in [0.2, 0.25) is 0 Å². The van der Waals surface area contributed by atoms with Crippen LogP contribution in [0.3, 0.4) is 0 Å². The Morgan fingerprint density at radius 3 is 2.73 bits per heavy atom. The molecule has 0 bridgehead atoms. The van der Waals surface area contributed by atoms with Gasteiger partial charge in [0, 0.05) is 32.7 Å². The number of hydrogen-bond donors (Lipinski definition) is 1. The fourth-order valence-electron chi connectivity index (χ4n) is 1.37. The van der Waals surface area contributed by atoms with Gasteiger partial charge in [0.05, 0.1) is 0 Å². The first kappa shape index (κ1) is 11.8. The van der Waals surface area contributed by atoms with Crippen LogP contribution in [-0.2, 0) is 0 Å². The van der Waals surface area contributed by atoms with Gasteiger partial charge in [-0.25, -0.2) is 0 Å². The van der Waals surface area contributed by atoms with E-state index in [9.17, 15) is 4.79 Å². The van der Waals surface area contributed by atoms with Crippen molar-refractivity contribution in [3.8, 4) is 0 Å². The highest BCUT2D eigenvalue weighted by Crippen LogP contribution is 2.18. The molecule has 4 heteroatoms. The van der Waals surface area contributed by atoms with E-state index >= 15 is 0 Å². The molecule has 1 N–H and O–H groups in total. The van der Waals surface area contributed by atoms with E-state index in [1.807, 2.05) is 11.8 Å². The summed E-state index contributed by atoms with van der Waals surface area (Å²) in [7, 11) is 0. The Labute approximate surface area is 89.5 Å². The lowest BCUT2D eigenvalue weighted by molar-refractivity contribution is 0.0987. The number of nitrogens with zero attached hydrogens (tertiary/aromatic N) is 1. The zero-order valence-electron chi connectivity index (χ0n) is 9.19. The van der Waals surface area contributed by atoms with Gasteiger partial charge >= 0.3 is 0 Å². The van der Waals surface area contributed by atoms with Crippen molar-refractivity contribution in [3.63, 3.8) is 0 Å². The number of rotatable bonds is 6. The SMILES string of the molecule is CCN(CCCO)c1ccc(C(C)=O)o1. The van der Waals surface area contributed by atoms with Crippen molar-refractivity contribution in [1.29, 1.82) is 0 Å². The van der Waals surface area contributed by atoms with E-state index in [-0.39, 0.29) is 12.4 Å². The van der Waals surface area contributed by atoms with Crippen LogP contribution >= 0.6 is 0 Å². The molecule has 0 fully saturated rings. The lowest BCUT2D eigenvalue weighted by atomic mass is 10.3. The molecule has 0 aliphatic heterocycles. The minimum absolute atomic E-state index is 0.0699. The van der Waals surface area contributed by atoms with E-state index < -0.39 is 0 Å². The highest BCUT2D eigenvalue weighted by Gasteiger charge is 2.10. The molecule has 1 aromatic rings. The minimum atomic E-state index is -0.0699. The monoisotopic (exact) mass is 211 g/mol. The van der Waals surface area contributed by atoms with Gasteiger partial charge < -0.3 is 14.4 Å². The van der Waals surface area contributed by atoms with Gasteiger partial charge in [0.15, 0.2) is 17.4 Å². The summed E-state index contributed by atoms with van der Waals surface area (Å²) < 4.78 is 5.39. The Kier molecular flexibility index (Phi) is 4.37. The zero-order valence-corrected chi connectivity index (χ0v) is 9.19. The number of Topliss-reactive ketones (excluding diaryl/α,β-unsaturated/α-hetero) is 1. The Morgan fingerprint density at radius 1 is 1.53 bits per heavy atom. The van der Waals surface area contributed by atoms with Gasteiger partial charge in [-0.2, -0.15) is 0 Å². The number of ketones is 1. The van der Waals surface area contributed by atoms with Crippen LogP contribution in [0.25, 0.3) is 0 Å². The number of carbonyl (C=O) groups is 1. The van der Waals surface area contributed by atoms with Gasteiger partial charge in [0.2, 0.25) is 0 Å². The van der Waals surface area contributed by atoms with E-state index in [1.165, 1.54) is 6.92 Å². The smallest absolute Gasteiger partial charge is 0.196 e. The molecule has 4 nitrogen and oxygen atoms in total. The second-order valence-corrected chi connectivity index (χ2v) is 3.35. The van der Waals surface area contributed by atoms with Crippen LogP contribution in [-0.4, -0.2) is 30.6 Å². The maximum atomic E-state index is 11.0. The molecule has 0 aromatic carbocycles. The van der Waals surface area contributed by atoms with E-state index in [0.717, 1.165) is 13.1 Å². The summed E-state index contributed by atoms with van der Waals surface area (Å²) in [5, 5.41) is 8.74. The van der Waals surface area contributed by atoms with Gasteiger partial charge in [-0.3, -0.25) is 4.79 Å². The predicted octanol–water partition coefficient (Wildman–Crippen LogP) is 1.69. The molecule has 1 rings (SSSR count). The molecule has 0 aliphatic carbocycles. The second kappa shape index (κ2) is 5.56. The topological polar surface area (TPSA) is 53.7 Å². The summed E-state index contributed by atoms with van der Waals surface area (Å²) in [5.41, 5.74) is 0. The second-order valence-electron chi connectivity index (χ2n) is 3.35. The molecule has 0 radical (unpaired) electrons. The molecular formula is C11H17NO3. The molecule has 0 unspecified atom stereocenters. The number of hydrogen-bond acceptors (Lipinski definition) is 4. The van der Waals surface area contributed by atoms with Crippen LogP contribution in [0.1, 0.15) is 30.8 Å². The van der Waals surface area contributed by atoms with Crippen molar-refractivity contribution in [2.24, 2.45) is 0 Å². The Balaban J connectivity index is 2.69. The fourth-order valence-corrected chi connectivity index (χ4v) is 1.37. The first-order chi connectivity index (χ1) is 7.19. The van der Waals surface area contributed by atoms with E-state index in [4.69, 9.17) is 9.52 Å². The molecule has 1 aromatic heterocycles. The number of carbonyl (C=O) groups excluding carboxylic acids is 1. The van der Waals surface area contributed by atoms with Crippen LogP contribution in [0.15, 0.2) is 16.5 Å². The summed E-state index contributed by atoms with van der Waals surface area (Å²) in [4.78, 5) is 13.0. The first-order valence-corrected chi connectivity index (χ1v) is 5.15. The van der Waals surface area contributed by atoms with Gasteiger partial charge in [0.25, 0.3) is 0 Å². The standard InChI is InChI=1S/C11H17NO3/c1-3-12(7-4-8-13)11-6-5-10(15-11)9(2)14/h5-6,13H,3-4,7-8H2,1-2H3. The maximum Gasteiger partial charge on any atom is 0.196 e. The van der Waals surface area contributed by atoms with E-state index in [1.54, 1.807) is 12.1 Å². The normalized spacial score (nSPS) is 10.3. The van der Waals surface area contributed by atoms with Crippen molar-refractivity contribution < 1.29 is 14.3 Å². The van der Waals surface area contributed by atoms with E-state index in [0.29, 0.717) is 18.1 Å². The minimum Gasteiger partial charge on any atom is -0.437 e. The van der Waals surface area contributed by atoms with E-state index in [2.05, 4.69) is 0 Å². The predicted molar refractivity (Wildman–Crippen MR) is 58.3 cm³/mol. The lowest BCUT2D eigenvalue weighted by Gasteiger charge is -2.18. The lowest BCUT2D eigenvalue weighted by Crippen LogP contribution is -2.24. The summed E-state index contributed by atoms with van der Waals surface area (Å²) in [6.07, 6.45) is 0.698. The fraction of sp³-hybridized carbons (Fsp3) is 0.545. The summed E-state index contributed by atoms with van der Waals surface area (Å²) >= 11 is 0. The summed E-state index contributed by atoms with van der Waals surface area (Å²) in [5.74, 6) is 1.00. The number of anilines is 1. The van der Waals surface area contributed by atoms with Crippen LogP contribution < -0.4 is 4.90 Å². The van der Waals surface area contributed by atoms with Crippen LogP contribution in [0, 0.1) is 0 Å². The molecule has 15 heavy (non-hydrogen) atoms. The Hall–Kier alpha value is -1.29. The molecule has 0 spiro atoms. The first-order valence-electron chi connectivity index (χ1n) is 5.15. The molecule has 0 saturated heterocycles. The summed E-state index contributed by atoms with van der Waals surface area (Å²) in [6.45, 7) is 5.18. The van der Waals surface area contributed by atoms with Crippen molar-refractivity contribution in [1.82, 2.24) is 0 Å². The third-order valence-electron chi connectivity index (χ3n) is 2.22. The number of aliphatic hydroxyl groups excluding tert-OH is 1. The Morgan fingerprint density at radius 2 is 2.27 bits per heavy atom. The largest absolute Gasteiger partial charge is 0.437 e. The van der Waals surface area contributed by atoms with Crippen molar-refractivity contribution in [2.75, 3.05) is 24.6 Å². The maximum absolute atomic E-state index is 11.0. The highest BCUT2D eigenvalue weighted by atomic mass is 16.4. The molecule has 84 valence electrons. The summed E-state index contributed by atoms with van der Waals surface area (Å²) in [6, 6.07) is 3.47. The number of furan rings is 1. The highest BCUT2D eigenvalue weighted by molar-refractivity contribution is 5.91. The average molecular weight is 211 g/mol. The van der Waals surface area contributed by atoms with Crippen LogP contribution in [0.4, 0.5) is 5.88 Å². The average Bonchev–Trinajstić information content (AvgIpc) is 2.68. The molecule has 1 heterocycles. The van der Waals surface area contributed by atoms with Crippen LogP contribution in [0.5, 0.6) is 0 Å². The van der Waals surface area contributed by atoms with Gasteiger partial charge in [-0.05, 0) is 19.4 Å². The molecule has 0 atom stereocenters. The quantitative estimate of drug-likeness (QED) is 0.727. The molecular weight excluding hydrogens is 194 g/mol. The Bertz CT molecular complexity index is 319. The third kappa shape index (κ3) is 3.09. The van der Waals surface area contributed by atoms with Crippen molar-refractivity contribution in [2.45, 2.75) is 20.3 Å². The molecule has 0 saturated carbocycles. The van der Waals surface area contributed by atoms with Gasteiger partial charge in [0.1, 0.15) is 0 Å². The number of aliphatic hydroxyl groups is 1. The van der Waals surface area contributed by atoms with Gasteiger partial charge in [-0.1, -0.05) is 0 Å². The zero-order chi connectivity index (χ0) is 11.3.